The van der Waals surface area contributed by atoms with E-state index in [9.17, 15) is 9.59 Å². The van der Waals surface area contributed by atoms with E-state index >= 15 is 0 Å². The summed E-state index contributed by atoms with van der Waals surface area (Å²) in [7, 11) is 0. The molecule has 3 aromatic rings. The molecule has 2 aromatic carbocycles. The molecule has 1 aliphatic rings. The van der Waals surface area contributed by atoms with Gasteiger partial charge in [-0.3, -0.25) is 9.59 Å². The summed E-state index contributed by atoms with van der Waals surface area (Å²) >= 11 is 1.58. The van der Waals surface area contributed by atoms with Gasteiger partial charge < -0.3 is 14.5 Å². The molecule has 6 nitrogen and oxygen atoms in total. The Labute approximate surface area is 167 Å². The fraction of sp³-hybridized carbons (Fsp3) is 0.286. The lowest BCUT2D eigenvalue weighted by molar-refractivity contribution is -0.138. The Morgan fingerprint density at radius 1 is 0.929 bits per heavy atom. The highest BCUT2D eigenvalue weighted by Gasteiger charge is 2.24. The van der Waals surface area contributed by atoms with Crippen molar-refractivity contribution in [2.45, 2.75) is 6.61 Å². The van der Waals surface area contributed by atoms with Crippen molar-refractivity contribution in [2.75, 3.05) is 32.8 Å². The number of hydrogen-bond acceptors (Lipinski definition) is 5. The van der Waals surface area contributed by atoms with Crippen LogP contribution >= 0.6 is 11.3 Å². The molecule has 0 N–H and O–H groups in total. The van der Waals surface area contributed by atoms with Crippen LogP contribution in [0.1, 0.15) is 15.4 Å². The van der Waals surface area contributed by atoms with E-state index in [0.29, 0.717) is 38.3 Å². The molecule has 28 heavy (non-hydrogen) atoms. The molecular weight excluding hydrogens is 374 g/mol. The Hall–Kier alpha value is -2.77. The van der Waals surface area contributed by atoms with Crippen molar-refractivity contribution >= 4 is 33.4 Å². The average molecular weight is 395 g/mol. The van der Waals surface area contributed by atoms with Crippen molar-refractivity contribution in [3.8, 4) is 0 Å². The molecule has 1 aromatic heterocycles. The van der Waals surface area contributed by atoms with Gasteiger partial charge in [0.15, 0.2) is 0 Å². The molecule has 0 radical (unpaired) electrons. The molecule has 2 heterocycles. The minimum absolute atomic E-state index is 0.0137. The fourth-order valence-electron chi connectivity index (χ4n) is 3.22. The van der Waals surface area contributed by atoms with Crippen LogP contribution < -0.4 is 0 Å². The third-order valence-electron chi connectivity index (χ3n) is 4.73. The van der Waals surface area contributed by atoms with Gasteiger partial charge in [-0.05, 0) is 24.3 Å². The number of hydrogen-bond donors (Lipinski definition) is 0. The second kappa shape index (κ2) is 8.50. The van der Waals surface area contributed by atoms with Gasteiger partial charge in [0.25, 0.3) is 5.91 Å². The molecule has 0 saturated carbocycles. The predicted molar refractivity (Wildman–Crippen MR) is 108 cm³/mol. The number of fused-ring (bicyclic) bond motifs is 1. The van der Waals surface area contributed by atoms with E-state index in [1.807, 2.05) is 54.6 Å². The second-order valence-corrected chi connectivity index (χ2v) is 7.72. The van der Waals surface area contributed by atoms with Crippen LogP contribution in [0.25, 0.3) is 10.2 Å². The Morgan fingerprint density at radius 2 is 1.61 bits per heavy atom. The lowest BCUT2D eigenvalue weighted by Gasteiger charge is -2.34. The summed E-state index contributed by atoms with van der Waals surface area (Å²) in [6.45, 7) is 2.50. The van der Waals surface area contributed by atoms with Crippen LogP contribution in [0.2, 0.25) is 0 Å². The molecule has 1 saturated heterocycles. The van der Waals surface area contributed by atoms with Gasteiger partial charge in [-0.15, -0.1) is 11.3 Å². The van der Waals surface area contributed by atoms with E-state index in [1.54, 1.807) is 21.1 Å². The molecule has 144 valence electrons. The van der Waals surface area contributed by atoms with Crippen molar-refractivity contribution in [3.05, 3.63) is 65.2 Å². The Kier molecular flexibility index (Phi) is 5.64. The van der Waals surface area contributed by atoms with Gasteiger partial charge in [-0.25, -0.2) is 4.98 Å². The number of amides is 2. The topological polar surface area (TPSA) is 62.7 Å². The van der Waals surface area contributed by atoms with Crippen molar-refractivity contribution in [1.82, 2.24) is 14.8 Å². The van der Waals surface area contributed by atoms with E-state index in [-0.39, 0.29) is 18.4 Å². The molecule has 7 heteroatoms. The number of nitrogens with zero attached hydrogens (tertiary/aromatic N) is 3. The van der Waals surface area contributed by atoms with Crippen LogP contribution in [0.3, 0.4) is 0 Å². The first-order valence-corrected chi connectivity index (χ1v) is 10.1. The van der Waals surface area contributed by atoms with E-state index in [1.165, 1.54) is 0 Å². The number of thiazole rings is 1. The first kappa shape index (κ1) is 18.6. The van der Waals surface area contributed by atoms with Gasteiger partial charge in [0, 0.05) is 31.7 Å². The second-order valence-electron chi connectivity index (χ2n) is 6.61. The summed E-state index contributed by atoms with van der Waals surface area (Å²) in [6.07, 6.45) is 0. The molecule has 0 unspecified atom stereocenters. The van der Waals surface area contributed by atoms with Crippen LogP contribution in [0.15, 0.2) is 54.6 Å². The van der Waals surface area contributed by atoms with E-state index in [0.717, 1.165) is 15.2 Å². The van der Waals surface area contributed by atoms with Gasteiger partial charge in [0.1, 0.15) is 11.6 Å². The van der Waals surface area contributed by atoms with Crippen LogP contribution in [0.5, 0.6) is 0 Å². The fourth-order valence-corrected chi connectivity index (χ4v) is 4.13. The van der Waals surface area contributed by atoms with Crippen LogP contribution in [0, 0.1) is 0 Å². The number of carbonyl (C=O) groups excluding carboxylic acids is 2. The Bertz CT molecular complexity index is 932. The summed E-state index contributed by atoms with van der Waals surface area (Å²) in [5.41, 5.74) is 1.64. The van der Waals surface area contributed by atoms with Gasteiger partial charge in [0.05, 0.1) is 16.8 Å². The Morgan fingerprint density at radius 3 is 2.36 bits per heavy atom. The minimum Gasteiger partial charge on any atom is -0.364 e. The third-order valence-corrected chi connectivity index (χ3v) is 5.74. The first-order chi connectivity index (χ1) is 13.7. The molecule has 0 atom stereocenters. The summed E-state index contributed by atoms with van der Waals surface area (Å²) in [5.74, 6) is -0.0345. The molecule has 1 fully saturated rings. The van der Waals surface area contributed by atoms with Gasteiger partial charge >= 0.3 is 0 Å². The maximum absolute atomic E-state index is 12.5. The van der Waals surface area contributed by atoms with Crippen molar-refractivity contribution in [2.24, 2.45) is 0 Å². The van der Waals surface area contributed by atoms with E-state index in [2.05, 4.69) is 4.98 Å². The third kappa shape index (κ3) is 4.21. The SMILES string of the molecule is O=C(COCc1nc2ccccc2s1)N1CCN(C(=O)c2ccccc2)CC1. The molecule has 0 spiro atoms. The number of aromatic nitrogens is 1. The number of rotatable bonds is 5. The van der Waals surface area contributed by atoms with Gasteiger partial charge in [-0.1, -0.05) is 30.3 Å². The zero-order valence-corrected chi connectivity index (χ0v) is 16.2. The monoisotopic (exact) mass is 395 g/mol. The average Bonchev–Trinajstić information content (AvgIpc) is 3.16. The molecular formula is C21H21N3O3S. The Balaban J connectivity index is 1.23. The number of benzene rings is 2. The van der Waals surface area contributed by atoms with Crippen molar-refractivity contribution in [1.29, 1.82) is 0 Å². The van der Waals surface area contributed by atoms with Crippen molar-refractivity contribution < 1.29 is 14.3 Å². The van der Waals surface area contributed by atoms with E-state index < -0.39 is 0 Å². The number of para-hydroxylation sites is 1. The van der Waals surface area contributed by atoms with Crippen LogP contribution in [0.4, 0.5) is 0 Å². The molecule has 1 aliphatic heterocycles. The van der Waals surface area contributed by atoms with Gasteiger partial charge in [-0.2, -0.15) is 0 Å². The summed E-state index contributed by atoms with van der Waals surface area (Å²) in [4.78, 5) is 32.9. The van der Waals surface area contributed by atoms with Crippen LogP contribution in [-0.2, 0) is 16.1 Å². The highest BCUT2D eigenvalue weighted by molar-refractivity contribution is 7.18. The zero-order chi connectivity index (χ0) is 19.3. The number of piperazine rings is 1. The lowest BCUT2D eigenvalue weighted by atomic mass is 10.2. The maximum atomic E-state index is 12.5. The number of ether oxygens (including phenoxy) is 1. The van der Waals surface area contributed by atoms with Gasteiger partial charge in [0.2, 0.25) is 5.91 Å². The smallest absolute Gasteiger partial charge is 0.253 e. The molecule has 4 rings (SSSR count). The summed E-state index contributed by atoms with van der Waals surface area (Å²) in [5, 5.41) is 0.868. The lowest BCUT2D eigenvalue weighted by Crippen LogP contribution is -2.51. The van der Waals surface area contributed by atoms with E-state index in [4.69, 9.17) is 4.74 Å². The highest BCUT2D eigenvalue weighted by Crippen LogP contribution is 2.22. The van der Waals surface area contributed by atoms with Crippen LogP contribution in [-0.4, -0.2) is 59.4 Å². The molecule has 0 aliphatic carbocycles. The summed E-state index contributed by atoms with van der Waals surface area (Å²) < 4.78 is 6.70. The quantitative estimate of drug-likeness (QED) is 0.666. The number of carbonyl (C=O) groups is 2. The molecule has 0 bridgehead atoms. The normalized spacial score (nSPS) is 14.4. The largest absolute Gasteiger partial charge is 0.364 e. The highest BCUT2D eigenvalue weighted by atomic mass is 32.1. The van der Waals surface area contributed by atoms with Crippen molar-refractivity contribution in [3.63, 3.8) is 0 Å². The predicted octanol–water partition coefficient (Wildman–Crippen LogP) is 2.80. The molecule has 2 amide bonds. The maximum Gasteiger partial charge on any atom is 0.253 e. The zero-order valence-electron chi connectivity index (χ0n) is 15.4. The first-order valence-electron chi connectivity index (χ1n) is 9.25. The summed E-state index contributed by atoms with van der Waals surface area (Å²) in [6, 6.07) is 17.2. The minimum atomic E-state index is -0.0482. The standard InChI is InChI=1S/C21H21N3O3S/c25-20(15-27-14-19-22-17-8-4-5-9-18(17)28-19)23-10-12-24(13-11-23)21(26)16-6-2-1-3-7-16/h1-9H,10-15H2.